The van der Waals surface area contributed by atoms with E-state index in [2.05, 4.69) is 49.5 Å². The molecule has 0 radical (unpaired) electrons. The molecule has 0 spiro atoms. The maximum absolute atomic E-state index is 4.86. The zero-order valence-electron chi connectivity index (χ0n) is 11.7. The van der Waals surface area contributed by atoms with Crippen LogP contribution in [0.15, 0.2) is 35.3 Å². The first-order valence-corrected chi connectivity index (χ1v) is 8.24. The molecule has 3 rings (SSSR count). The lowest BCUT2D eigenvalue weighted by atomic mass is 10.0. The van der Waals surface area contributed by atoms with E-state index in [0.717, 1.165) is 0 Å². The maximum Gasteiger partial charge on any atom is 0.157 e. The van der Waals surface area contributed by atoms with E-state index < -0.39 is 0 Å². The van der Waals surface area contributed by atoms with Crippen LogP contribution in [0, 0.1) is 5.92 Å². The molecule has 1 heterocycles. The van der Waals surface area contributed by atoms with Gasteiger partial charge < -0.3 is 5.32 Å². The molecule has 1 aliphatic heterocycles. The minimum Gasteiger partial charge on any atom is -0.362 e. The van der Waals surface area contributed by atoms with Crippen LogP contribution < -0.4 is 5.32 Å². The fraction of sp³-hybridized carbons (Fsp3) is 0.562. The van der Waals surface area contributed by atoms with E-state index in [-0.39, 0.29) is 0 Å². The van der Waals surface area contributed by atoms with Crippen LogP contribution in [0.5, 0.6) is 0 Å². The van der Waals surface area contributed by atoms with E-state index in [4.69, 9.17) is 4.99 Å². The largest absolute Gasteiger partial charge is 0.362 e. The molecule has 1 fully saturated rings. The molecule has 0 saturated heterocycles. The summed E-state index contributed by atoms with van der Waals surface area (Å²) in [6.07, 6.45) is 2.47. The molecule has 1 aliphatic carbocycles. The van der Waals surface area contributed by atoms with Crippen LogP contribution in [0.1, 0.15) is 38.2 Å². The van der Waals surface area contributed by atoms with Gasteiger partial charge in [0.15, 0.2) is 5.17 Å². The highest BCUT2D eigenvalue weighted by Crippen LogP contribution is 2.41. The van der Waals surface area contributed by atoms with Gasteiger partial charge in [-0.05, 0) is 24.3 Å². The van der Waals surface area contributed by atoms with E-state index >= 15 is 0 Å². The minimum atomic E-state index is 0.512. The standard InChI is InChI=1S/C16H22N2S/c1-11(2)14-8-9-19-16(17-14)18-15-10-13(15)12-6-4-3-5-7-12/h3-7,11,13-15H,8-10H2,1-2H3,(H,17,18). The summed E-state index contributed by atoms with van der Waals surface area (Å²) in [7, 11) is 0. The van der Waals surface area contributed by atoms with Crippen molar-refractivity contribution in [1.29, 1.82) is 0 Å². The Morgan fingerprint density at radius 1 is 1.26 bits per heavy atom. The maximum atomic E-state index is 4.86. The van der Waals surface area contributed by atoms with Crippen LogP contribution in [-0.2, 0) is 0 Å². The summed E-state index contributed by atoms with van der Waals surface area (Å²) >= 11 is 1.89. The predicted molar refractivity (Wildman–Crippen MR) is 83.9 cm³/mol. The highest BCUT2D eigenvalue weighted by Gasteiger charge is 2.39. The van der Waals surface area contributed by atoms with Crippen LogP contribution in [0.3, 0.4) is 0 Å². The van der Waals surface area contributed by atoms with Crippen molar-refractivity contribution >= 4 is 16.9 Å². The van der Waals surface area contributed by atoms with Gasteiger partial charge in [-0.3, -0.25) is 4.99 Å². The second-order valence-corrected chi connectivity index (χ2v) is 6.97. The molecule has 1 aromatic rings. The van der Waals surface area contributed by atoms with Gasteiger partial charge in [0.2, 0.25) is 0 Å². The molecule has 0 bridgehead atoms. The summed E-state index contributed by atoms with van der Waals surface area (Å²) in [5.41, 5.74) is 1.46. The number of amidine groups is 1. The average molecular weight is 274 g/mol. The number of aliphatic imine (C=N–C) groups is 1. The first-order valence-electron chi connectivity index (χ1n) is 7.26. The third-order valence-corrected chi connectivity index (χ3v) is 4.97. The lowest BCUT2D eigenvalue weighted by Gasteiger charge is -2.23. The van der Waals surface area contributed by atoms with Gasteiger partial charge in [-0.25, -0.2) is 0 Å². The van der Waals surface area contributed by atoms with Crippen molar-refractivity contribution in [2.24, 2.45) is 10.9 Å². The van der Waals surface area contributed by atoms with Crippen molar-refractivity contribution in [3.05, 3.63) is 35.9 Å². The molecule has 3 heteroatoms. The topological polar surface area (TPSA) is 24.4 Å². The van der Waals surface area contributed by atoms with Gasteiger partial charge in [0.25, 0.3) is 0 Å². The van der Waals surface area contributed by atoms with Crippen LogP contribution in [-0.4, -0.2) is 23.0 Å². The van der Waals surface area contributed by atoms with E-state index in [0.29, 0.717) is 23.9 Å². The Morgan fingerprint density at radius 2 is 2.05 bits per heavy atom. The summed E-state index contributed by atoms with van der Waals surface area (Å²) in [4.78, 5) is 4.86. The first kappa shape index (κ1) is 13.0. The molecule has 1 aromatic carbocycles. The zero-order valence-corrected chi connectivity index (χ0v) is 12.5. The quantitative estimate of drug-likeness (QED) is 0.910. The minimum absolute atomic E-state index is 0.512. The van der Waals surface area contributed by atoms with Crippen LogP contribution in [0.25, 0.3) is 0 Å². The number of hydrogen-bond acceptors (Lipinski definition) is 3. The Bertz CT molecular complexity index is 455. The van der Waals surface area contributed by atoms with E-state index in [9.17, 15) is 0 Å². The molecule has 2 nitrogen and oxygen atoms in total. The Balaban J connectivity index is 1.59. The Hall–Kier alpha value is -0.960. The van der Waals surface area contributed by atoms with Crippen molar-refractivity contribution in [1.82, 2.24) is 5.32 Å². The number of nitrogens with zero attached hydrogens (tertiary/aromatic N) is 1. The molecule has 0 aromatic heterocycles. The summed E-state index contributed by atoms with van der Waals surface area (Å²) < 4.78 is 0. The third kappa shape index (κ3) is 3.14. The summed E-state index contributed by atoms with van der Waals surface area (Å²) in [6, 6.07) is 11.9. The molecule has 1 N–H and O–H groups in total. The lowest BCUT2D eigenvalue weighted by molar-refractivity contribution is 0.483. The lowest BCUT2D eigenvalue weighted by Crippen LogP contribution is -2.30. The van der Waals surface area contributed by atoms with E-state index in [1.54, 1.807) is 0 Å². The molecule has 2 aliphatic rings. The van der Waals surface area contributed by atoms with Gasteiger partial charge in [-0.1, -0.05) is 55.9 Å². The van der Waals surface area contributed by atoms with Crippen LogP contribution >= 0.6 is 11.8 Å². The molecule has 0 amide bonds. The number of nitrogens with one attached hydrogen (secondary N) is 1. The second kappa shape index (κ2) is 5.58. The van der Waals surface area contributed by atoms with Crippen molar-refractivity contribution in [3.8, 4) is 0 Å². The molecule has 19 heavy (non-hydrogen) atoms. The van der Waals surface area contributed by atoms with Gasteiger partial charge in [-0.2, -0.15) is 0 Å². The van der Waals surface area contributed by atoms with Crippen molar-refractivity contribution in [2.75, 3.05) is 5.75 Å². The van der Waals surface area contributed by atoms with E-state index in [1.807, 2.05) is 11.8 Å². The number of hydrogen-bond donors (Lipinski definition) is 1. The molecule has 3 unspecified atom stereocenters. The fourth-order valence-corrected chi connectivity index (χ4v) is 3.67. The monoisotopic (exact) mass is 274 g/mol. The summed E-state index contributed by atoms with van der Waals surface area (Å²) in [6.45, 7) is 4.54. The highest BCUT2D eigenvalue weighted by atomic mass is 32.2. The smallest absolute Gasteiger partial charge is 0.157 e. The van der Waals surface area contributed by atoms with E-state index in [1.165, 1.54) is 29.3 Å². The molecular weight excluding hydrogens is 252 g/mol. The molecule has 3 atom stereocenters. The van der Waals surface area contributed by atoms with Gasteiger partial charge in [-0.15, -0.1) is 0 Å². The number of thioether (sulfide) groups is 1. The van der Waals surface area contributed by atoms with Crippen molar-refractivity contribution < 1.29 is 0 Å². The predicted octanol–water partition coefficient (Wildman–Crippen LogP) is 3.65. The Kier molecular flexibility index (Phi) is 3.83. The Labute approximate surface area is 120 Å². The number of rotatable bonds is 3. The highest BCUT2D eigenvalue weighted by molar-refractivity contribution is 8.13. The van der Waals surface area contributed by atoms with Gasteiger partial charge in [0.1, 0.15) is 0 Å². The zero-order chi connectivity index (χ0) is 13.2. The third-order valence-electron chi connectivity index (χ3n) is 4.03. The molecular formula is C16H22N2S. The van der Waals surface area contributed by atoms with Gasteiger partial charge in [0, 0.05) is 17.7 Å². The second-order valence-electron chi connectivity index (χ2n) is 5.89. The average Bonchev–Trinajstić information content (AvgIpc) is 3.19. The Morgan fingerprint density at radius 3 is 2.79 bits per heavy atom. The molecule has 1 saturated carbocycles. The van der Waals surface area contributed by atoms with Gasteiger partial charge in [0.05, 0.1) is 6.04 Å². The number of benzene rings is 1. The van der Waals surface area contributed by atoms with Crippen LogP contribution in [0.4, 0.5) is 0 Å². The van der Waals surface area contributed by atoms with Crippen molar-refractivity contribution in [3.63, 3.8) is 0 Å². The molecule has 102 valence electrons. The van der Waals surface area contributed by atoms with Gasteiger partial charge >= 0.3 is 0 Å². The fourth-order valence-electron chi connectivity index (χ4n) is 2.67. The summed E-state index contributed by atoms with van der Waals surface area (Å²) in [5.74, 6) is 2.54. The van der Waals surface area contributed by atoms with Crippen molar-refractivity contribution in [2.45, 2.75) is 44.7 Å². The SMILES string of the molecule is CC(C)C1CCSC(NC2CC2c2ccccc2)=N1. The van der Waals surface area contributed by atoms with Crippen LogP contribution in [0.2, 0.25) is 0 Å². The normalized spacial score (nSPS) is 30.1. The first-order chi connectivity index (χ1) is 9.24. The summed E-state index contributed by atoms with van der Waals surface area (Å²) in [5, 5.41) is 4.81.